The highest BCUT2D eigenvalue weighted by Gasteiger charge is 2.19. The SMILES string of the molecule is CN1CCN(c2ccc(NC(=O)c3ccc(-c4cccc5ccccc45)c4nccnc34)cc2)CC1.Nc1ncc[nH]1.O=C(O)c1ccc(-c2cccc3ccccc23)c2nccnc12. The van der Waals surface area contributed by atoms with Crippen molar-refractivity contribution in [2.45, 2.75) is 0 Å². The number of likely N-dealkylation sites (N-methyl/N-ethyl adjacent to an activating group) is 1. The quantitative estimate of drug-likeness (QED) is 0.125. The Morgan fingerprint density at radius 2 is 1.06 bits per heavy atom. The van der Waals surface area contributed by atoms with Gasteiger partial charge >= 0.3 is 5.97 Å². The molecule has 1 amide bonds. The Labute approximate surface area is 374 Å². The maximum Gasteiger partial charge on any atom is 0.337 e. The van der Waals surface area contributed by atoms with E-state index < -0.39 is 5.97 Å². The zero-order valence-electron chi connectivity index (χ0n) is 35.5. The number of benzene rings is 7. The molecule has 13 heteroatoms. The molecule has 0 aliphatic carbocycles. The summed E-state index contributed by atoms with van der Waals surface area (Å²) in [5.41, 5.74) is 14.0. The van der Waals surface area contributed by atoms with Gasteiger partial charge in [0, 0.05) is 85.9 Å². The zero-order chi connectivity index (χ0) is 44.7. The number of carbonyl (C=O) groups is 2. The van der Waals surface area contributed by atoms with Crippen LogP contribution in [-0.4, -0.2) is 85.0 Å². The first-order valence-electron chi connectivity index (χ1n) is 21.1. The van der Waals surface area contributed by atoms with Crippen LogP contribution in [0.3, 0.4) is 0 Å². The first kappa shape index (κ1) is 41.8. The summed E-state index contributed by atoms with van der Waals surface area (Å²) in [7, 11) is 2.15. The lowest BCUT2D eigenvalue weighted by Crippen LogP contribution is -2.44. The van der Waals surface area contributed by atoms with Crippen molar-refractivity contribution >= 4 is 72.8 Å². The number of carbonyl (C=O) groups excluding carboxylic acids is 1. The molecule has 7 aromatic carbocycles. The van der Waals surface area contributed by atoms with Gasteiger partial charge in [0.05, 0.1) is 22.2 Å². The number of nitrogens with one attached hydrogen (secondary N) is 2. The molecule has 0 radical (unpaired) electrons. The standard InChI is InChI=1S/C30H27N5O.C19H12N2O2.C3H5N3/c1-34-17-19-35(20-18-34)23-11-9-22(10-12-23)33-30(36)27-14-13-26(28-29(27)32-16-15-31-28)25-8-4-6-21-5-2-3-7-24(21)25;22-19(23)16-9-8-15(17-18(16)21-11-10-20-17)14-7-3-5-12-4-1-2-6-13(12)14;4-3-5-1-2-6-3/h2-16H,17-20H2,1H3,(H,33,36);1-11H,(H,22,23);1-2H,(H3,4,5,6). The third kappa shape index (κ3) is 9.03. The van der Waals surface area contributed by atoms with Gasteiger partial charge in [0.25, 0.3) is 5.91 Å². The van der Waals surface area contributed by atoms with Gasteiger partial charge in [0.15, 0.2) is 5.95 Å². The highest BCUT2D eigenvalue weighted by Crippen LogP contribution is 2.35. The fourth-order valence-electron chi connectivity index (χ4n) is 8.12. The number of hydrogen-bond acceptors (Lipinski definition) is 10. The van der Waals surface area contributed by atoms with Crippen LogP contribution in [-0.2, 0) is 0 Å². The van der Waals surface area contributed by atoms with Crippen LogP contribution in [0.5, 0.6) is 0 Å². The third-order valence-electron chi connectivity index (χ3n) is 11.4. The molecule has 1 saturated heterocycles. The minimum absolute atomic E-state index is 0.164. The summed E-state index contributed by atoms with van der Waals surface area (Å²) in [5.74, 6) is -0.729. The molecular weight excluding hydrogens is 813 g/mol. The highest BCUT2D eigenvalue weighted by molar-refractivity contribution is 6.15. The van der Waals surface area contributed by atoms with Crippen LogP contribution >= 0.6 is 0 Å². The maximum atomic E-state index is 13.3. The average Bonchev–Trinajstić information content (AvgIpc) is 3.84. The van der Waals surface area contributed by atoms with Gasteiger partial charge in [0.1, 0.15) is 11.0 Å². The molecule has 320 valence electrons. The van der Waals surface area contributed by atoms with Crippen LogP contribution in [0.1, 0.15) is 20.7 Å². The predicted octanol–water partition coefficient (Wildman–Crippen LogP) is 9.59. The summed E-state index contributed by atoms with van der Waals surface area (Å²) in [6, 6.07) is 44.0. The number of piperazine rings is 1. The van der Waals surface area contributed by atoms with Crippen LogP contribution in [0.2, 0.25) is 0 Å². The number of anilines is 3. The molecule has 1 aliphatic rings. The number of rotatable bonds is 6. The summed E-state index contributed by atoms with van der Waals surface area (Å²) in [6.45, 7) is 4.13. The first-order valence-corrected chi connectivity index (χ1v) is 21.1. The molecule has 13 nitrogen and oxygen atoms in total. The van der Waals surface area contributed by atoms with Gasteiger partial charge in [-0.2, -0.15) is 0 Å². The molecular formula is C52H44N10O3. The van der Waals surface area contributed by atoms with E-state index in [1.807, 2.05) is 72.8 Å². The molecule has 0 bridgehead atoms. The van der Waals surface area contributed by atoms with E-state index >= 15 is 0 Å². The van der Waals surface area contributed by atoms with E-state index in [-0.39, 0.29) is 11.5 Å². The minimum Gasteiger partial charge on any atom is -0.478 e. The number of amides is 1. The number of hydrogen-bond donors (Lipinski definition) is 4. The number of nitrogen functional groups attached to an aromatic ring is 1. The molecule has 4 heterocycles. The number of fused-ring (bicyclic) bond motifs is 4. The van der Waals surface area contributed by atoms with Crippen molar-refractivity contribution in [2.24, 2.45) is 0 Å². The summed E-state index contributed by atoms with van der Waals surface area (Å²) in [4.78, 5) is 53.5. The number of aromatic amines is 1. The van der Waals surface area contributed by atoms with E-state index in [2.05, 4.69) is 107 Å². The number of nitrogens with zero attached hydrogens (tertiary/aromatic N) is 7. The Kier molecular flexibility index (Phi) is 12.1. The van der Waals surface area contributed by atoms with Crippen LogP contribution in [0.4, 0.5) is 17.3 Å². The first-order chi connectivity index (χ1) is 31.8. The number of carboxylic acids is 1. The summed E-state index contributed by atoms with van der Waals surface area (Å²) in [6.07, 6.45) is 9.70. The van der Waals surface area contributed by atoms with Gasteiger partial charge in [0.2, 0.25) is 0 Å². The molecule has 11 rings (SSSR count). The monoisotopic (exact) mass is 856 g/mol. The van der Waals surface area contributed by atoms with E-state index in [4.69, 9.17) is 5.73 Å². The number of H-pyrrole nitrogens is 1. The zero-order valence-corrected chi connectivity index (χ0v) is 35.5. The molecule has 3 aromatic heterocycles. The lowest BCUT2D eigenvalue weighted by Gasteiger charge is -2.34. The highest BCUT2D eigenvalue weighted by atomic mass is 16.4. The summed E-state index contributed by atoms with van der Waals surface area (Å²) < 4.78 is 0. The summed E-state index contributed by atoms with van der Waals surface area (Å²) in [5, 5.41) is 16.9. The van der Waals surface area contributed by atoms with E-state index in [0.29, 0.717) is 33.6 Å². The van der Waals surface area contributed by atoms with Crippen LogP contribution < -0.4 is 16.0 Å². The topological polar surface area (TPSA) is 179 Å². The van der Waals surface area contributed by atoms with Gasteiger partial charge in [-0.15, -0.1) is 0 Å². The molecule has 65 heavy (non-hydrogen) atoms. The van der Waals surface area contributed by atoms with Gasteiger partial charge in [-0.25, -0.2) is 9.78 Å². The van der Waals surface area contributed by atoms with Gasteiger partial charge in [-0.1, -0.05) is 97.1 Å². The van der Waals surface area contributed by atoms with E-state index in [1.165, 1.54) is 11.9 Å². The Morgan fingerprint density at radius 1 is 0.554 bits per heavy atom. The van der Waals surface area contributed by atoms with Gasteiger partial charge < -0.3 is 30.9 Å². The molecule has 0 saturated carbocycles. The Hall–Kier alpha value is -8.55. The number of aromatic carboxylic acids is 1. The Bertz CT molecular complexity index is 3290. The van der Waals surface area contributed by atoms with Crippen molar-refractivity contribution in [3.63, 3.8) is 0 Å². The van der Waals surface area contributed by atoms with E-state index in [1.54, 1.807) is 37.1 Å². The number of nitrogens with two attached hydrogens (primary N) is 1. The number of carboxylic acid groups (broad SMARTS) is 1. The second-order valence-corrected chi connectivity index (χ2v) is 15.5. The van der Waals surface area contributed by atoms with Gasteiger partial charge in [-0.05, 0) is 76.1 Å². The Balaban J connectivity index is 0.000000156. The average molecular weight is 857 g/mol. The molecule has 1 aliphatic heterocycles. The predicted molar refractivity (Wildman–Crippen MR) is 259 cm³/mol. The molecule has 5 N–H and O–H groups in total. The second kappa shape index (κ2) is 18.8. The van der Waals surface area contributed by atoms with Crippen molar-refractivity contribution < 1.29 is 14.7 Å². The van der Waals surface area contributed by atoms with Crippen LogP contribution in [0.25, 0.3) is 65.9 Å². The van der Waals surface area contributed by atoms with Crippen molar-refractivity contribution in [2.75, 3.05) is 49.2 Å². The second-order valence-electron chi connectivity index (χ2n) is 15.5. The van der Waals surface area contributed by atoms with Crippen molar-refractivity contribution in [1.29, 1.82) is 0 Å². The van der Waals surface area contributed by atoms with Crippen molar-refractivity contribution in [3.8, 4) is 22.3 Å². The van der Waals surface area contributed by atoms with Crippen LogP contribution in [0, 0.1) is 0 Å². The molecule has 0 atom stereocenters. The van der Waals surface area contributed by atoms with E-state index in [0.717, 1.165) is 75.7 Å². The third-order valence-corrected chi connectivity index (χ3v) is 11.4. The number of imidazole rings is 1. The molecule has 10 aromatic rings. The van der Waals surface area contributed by atoms with Crippen molar-refractivity contribution in [3.05, 3.63) is 182 Å². The van der Waals surface area contributed by atoms with Gasteiger partial charge in [-0.3, -0.25) is 24.7 Å². The molecule has 0 unspecified atom stereocenters. The van der Waals surface area contributed by atoms with E-state index in [9.17, 15) is 14.7 Å². The fourth-order valence-corrected chi connectivity index (χ4v) is 8.12. The maximum absolute atomic E-state index is 13.3. The smallest absolute Gasteiger partial charge is 0.337 e. The Morgan fingerprint density at radius 3 is 1.57 bits per heavy atom. The normalized spacial score (nSPS) is 12.6. The lowest BCUT2D eigenvalue weighted by atomic mass is 9.95. The minimum atomic E-state index is -1.00. The van der Waals surface area contributed by atoms with Crippen LogP contribution in [0.15, 0.2) is 171 Å². The largest absolute Gasteiger partial charge is 0.478 e. The fraction of sp³-hybridized carbons (Fsp3) is 0.0962. The molecule has 0 spiro atoms. The summed E-state index contributed by atoms with van der Waals surface area (Å²) >= 11 is 0. The lowest BCUT2D eigenvalue weighted by molar-refractivity contribution is 0.0698. The van der Waals surface area contributed by atoms with Crippen molar-refractivity contribution in [1.82, 2.24) is 34.8 Å². The number of aromatic nitrogens is 6. The molecule has 1 fully saturated rings.